The molecule has 1 saturated heterocycles. The highest BCUT2D eigenvalue weighted by atomic mass is 16.6. The van der Waals surface area contributed by atoms with Crippen LogP contribution in [0.3, 0.4) is 0 Å². The van der Waals surface area contributed by atoms with Crippen LogP contribution in [0, 0.1) is 22.7 Å². The fourth-order valence-electron chi connectivity index (χ4n) is 8.23. The van der Waals surface area contributed by atoms with Gasteiger partial charge in [-0.15, -0.1) is 0 Å². The largest absolute Gasteiger partial charge is 0.458 e. The van der Waals surface area contributed by atoms with Crippen molar-refractivity contribution in [2.24, 2.45) is 28.4 Å². The number of Topliss-reactive ketones (excluding diaryl/α,β-unsaturated/α-hetero) is 1. The Bertz CT molecular complexity index is 1570. The Hall–Kier alpha value is -3.86. The number of amides is 1. The smallest absolute Gasteiger partial charge is 0.306 e. The Morgan fingerprint density at radius 3 is 2.15 bits per heavy atom. The fourth-order valence-corrected chi connectivity index (χ4v) is 8.23. The lowest BCUT2D eigenvalue weighted by atomic mass is 9.47. The maximum Gasteiger partial charge on any atom is 0.306 e. The maximum atomic E-state index is 14.4. The van der Waals surface area contributed by atoms with Crippen LogP contribution in [-0.4, -0.2) is 70.5 Å². The first kappa shape index (κ1) is 35.4. The summed E-state index contributed by atoms with van der Waals surface area (Å²) < 4.78 is 17.4. The summed E-state index contributed by atoms with van der Waals surface area (Å²) in [5.74, 6) is -2.20. The van der Waals surface area contributed by atoms with Crippen molar-refractivity contribution < 1.29 is 43.6 Å². The van der Waals surface area contributed by atoms with E-state index in [1.54, 1.807) is 38.1 Å². The van der Waals surface area contributed by atoms with Crippen molar-refractivity contribution in [2.75, 3.05) is 6.61 Å². The van der Waals surface area contributed by atoms with Gasteiger partial charge in [0.05, 0.1) is 29.8 Å². The number of aryl methyl sites for hydroxylation is 1. The SMILES string of the molecule is CC(=O)OC1C(=O)C2(C)C(O)CC3OCC3C2CC2(O)C[C@H](OC(=O)CCc3ccccc3)C(C)=C1C2(C)C.NC(=O)c1ccccc1. The Balaban J connectivity index is 0.000000434. The molecular formula is C38H47NO9. The minimum Gasteiger partial charge on any atom is -0.458 e. The lowest BCUT2D eigenvalue weighted by Gasteiger charge is -2.62. The number of primary amides is 1. The van der Waals surface area contributed by atoms with Crippen molar-refractivity contribution in [1.82, 2.24) is 0 Å². The Morgan fingerprint density at radius 2 is 1.60 bits per heavy atom. The second kappa shape index (κ2) is 13.6. The van der Waals surface area contributed by atoms with Gasteiger partial charge in [0.25, 0.3) is 0 Å². The van der Waals surface area contributed by atoms with E-state index in [1.165, 1.54) is 6.92 Å². The molecule has 2 saturated carbocycles. The Labute approximate surface area is 281 Å². The monoisotopic (exact) mass is 661 g/mol. The average molecular weight is 662 g/mol. The van der Waals surface area contributed by atoms with Crippen LogP contribution in [0.1, 0.15) is 76.2 Å². The van der Waals surface area contributed by atoms with Gasteiger partial charge in [0, 0.05) is 43.1 Å². The fraction of sp³-hybridized carbons (Fsp3) is 0.526. The number of carbonyl (C=O) groups excluding carboxylic acids is 4. The third-order valence-corrected chi connectivity index (χ3v) is 11.3. The summed E-state index contributed by atoms with van der Waals surface area (Å²) in [7, 11) is 0. The zero-order valence-electron chi connectivity index (χ0n) is 28.3. The molecule has 48 heavy (non-hydrogen) atoms. The molecule has 2 aromatic rings. The van der Waals surface area contributed by atoms with Gasteiger partial charge in [-0.25, -0.2) is 0 Å². The van der Waals surface area contributed by atoms with Crippen molar-refractivity contribution >= 4 is 23.6 Å². The molecule has 3 fully saturated rings. The van der Waals surface area contributed by atoms with Gasteiger partial charge in [0.2, 0.25) is 5.91 Å². The molecule has 0 aromatic heterocycles. The maximum absolute atomic E-state index is 14.4. The number of carbonyl (C=O) groups is 4. The van der Waals surface area contributed by atoms with E-state index < -0.39 is 52.6 Å². The first-order chi connectivity index (χ1) is 22.6. The van der Waals surface area contributed by atoms with Crippen LogP contribution in [0.15, 0.2) is 71.8 Å². The van der Waals surface area contributed by atoms with Gasteiger partial charge in [0.15, 0.2) is 11.9 Å². The summed E-state index contributed by atoms with van der Waals surface area (Å²) in [5, 5.41) is 23.7. The highest BCUT2D eigenvalue weighted by molar-refractivity contribution is 5.95. The standard InChI is InChI=1S/C31H40O8.C7H7NO/c1-17-23(39-25(34)12-11-19-9-7-6-8-10-19)15-31(36)14-21-20-16-37-22(20)13-24(33)30(21,5)28(35)27(38-18(2)32)26(17)29(31,3)4;8-7(9)6-4-2-1-3-5-6/h6-10,20-24,27,33,36H,11-16H2,1-5H3;1-5H,(H2,8,9)/t20?,21?,22?,23-,24?,27?,30?,31?;/m0./s1. The molecule has 1 amide bonds. The van der Waals surface area contributed by atoms with E-state index in [2.05, 4.69) is 0 Å². The number of nitrogens with two attached hydrogens (primary N) is 1. The summed E-state index contributed by atoms with van der Waals surface area (Å²) in [4.78, 5) is 50.2. The van der Waals surface area contributed by atoms with Gasteiger partial charge in [-0.1, -0.05) is 62.4 Å². The van der Waals surface area contributed by atoms with Crippen molar-refractivity contribution in [2.45, 2.75) is 96.7 Å². The molecule has 1 aliphatic heterocycles. The van der Waals surface area contributed by atoms with Crippen LogP contribution in [0.4, 0.5) is 0 Å². The molecule has 4 N–H and O–H groups in total. The molecular weight excluding hydrogens is 614 g/mol. The highest BCUT2D eigenvalue weighted by Gasteiger charge is 2.67. The minimum absolute atomic E-state index is 0.0134. The van der Waals surface area contributed by atoms with E-state index in [1.807, 2.05) is 50.2 Å². The van der Waals surface area contributed by atoms with Gasteiger partial charge in [-0.05, 0) is 61.4 Å². The lowest BCUT2D eigenvalue weighted by Crippen LogP contribution is -2.69. The highest BCUT2D eigenvalue weighted by Crippen LogP contribution is 2.61. The van der Waals surface area contributed by atoms with Crippen LogP contribution in [0.2, 0.25) is 0 Å². The number of hydrogen-bond acceptors (Lipinski definition) is 9. The molecule has 10 nitrogen and oxygen atoms in total. The molecule has 258 valence electrons. The Morgan fingerprint density at radius 1 is 0.979 bits per heavy atom. The summed E-state index contributed by atoms with van der Waals surface area (Å²) in [6, 6.07) is 18.4. The van der Waals surface area contributed by atoms with E-state index in [-0.39, 0.29) is 43.0 Å². The van der Waals surface area contributed by atoms with Gasteiger partial charge in [0.1, 0.15) is 6.10 Å². The molecule has 3 aliphatic carbocycles. The second-order valence-electron chi connectivity index (χ2n) is 14.4. The normalized spacial score (nSPS) is 33.3. The molecule has 4 aliphatic rings. The number of hydrogen-bond donors (Lipinski definition) is 3. The molecule has 7 unspecified atom stereocenters. The van der Waals surface area contributed by atoms with Gasteiger partial charge in [-0.3, -0.25) is 19.2 Å². The van der Waals surface area contributed by atoms with Gasteiger partial charge in [-0.2, -0.15) is 0 Å². The van der Waals surface area contributed by atoms with Gasteiger partial charge >= 0.3 is 11.9 Å². The molecule has 6 rings (SSSR count). The van der Waals surface area contributed by atoms with Crippen molar-refractivity contribution in [1.29, 1.82) is 0 Å². The molecule has 0 spiro atoms. The number of aliphatic hydroxyl groups excluding tert-OH is 1. The third-order valence-electron chi connectivity index (χ3n) is 11.3. The van der Waals surface area contributed by atoms with Crippen LogP contribution >= 0.6 is 0 Å². The van der Waals surface area contributed by atoms with Crippen molar-refractivity contribution in [3.8, 4) is 0 Å². The minimum atomic E-state index is -1.39. The van der Waals surface area contributed by atoms with E-state index in [0.717, 1.165) is 5.56 Å². The molecule has 8 atom stereocenters. The van der Waals surface area contributed by atoms with E-state index in [0.29, 0.717) is 36.2 Å². The number of fused-ring (bicyclic) bond motifs is 5. The summed E-state index contributed by atoms with van der Waals surface area (Å²) in [6.45, 7) is 8.94. The Kier molecular flexibility index (Phi) is 10.0. The predicted octanol–water partition coefficient (Wildman–Crippen LogP) is 4.10. The van der Waals surface area contributed by atoms with Crippen LogP contribution in [0.5, 0.6) is 0 Å². The first-order valence-electron chi connectivity index (χ1n) is 16.6. The zero-order chi connectivity index (χ0) is 35.0. The number of rotatable bonds is 6. The van der Waals surface area contributed by atoms with Crippen molar-refractivity contribution in [3.05, 3.63) is 82.9 Å². The van der Waals surface area contributed by atoms with Crippen LogP contribution < -0.4 is 5.73 Å². The van der Waals surface area contributed by atoms with Gasteiger partial charge < -0.3 is 30.2 Å². The summed E-state index contributed by atoms with van der Waals surface area (Å²) in [5.41, 5.74) is 4.01. The average Bonchev–Trinajstić information content (AvgIpc) is 3.03. The van der Waals surface area contributed by atoms with E-state index in [9.17, 15) is 29.4 Å². The summed E-state index contributed by atoms with van der Waals surface area (Å²) >= 11 is 0. The molecule has 2 bridgehead atoms. The molecule has 0 radical (unpaired) electrons. The molecule has 2 aromatic carbocycles. The first-order valence-corrected chi connectivity index (χ1v) is 16.6. The summed E-state index contributed by atoms with van der Waals surface area (Å²) in [6.07, 6.45) is -1.90. The van der Waals surface area contributed by atoms with Crippen molar-refractivity contribution in [3.63, 3.8) is 0 Å². The topological polar surface area (TPSA) is 162 Å². The number of esters is 2. The number of ether oxygens (including phenoxy) is 3. The second-order valence-corrected chi connectivity index (χ2v) is 14.4. The van der Waals surface area contributed by atoms with Crippen LogP contribution in [0.25, 0.3) is 0 Å². The predicted molar refractivity (Wildman–Crippen MR) is 176 cm³/mol. The van der Waals surface area contributed by atoms with E-state index in [4.69, 9.17) is 19.9 Å². The zero-order valence-corrected chi connectivity index (χ0v) is 28.3. The molecule has 1 heterocycles. The lowest BCUT2D eigenvalue weighted by molar-refractivity contribution is -0.244. The third kappa shape index (κ3) is 6.45. The number of ketones is 1. The number of benzene rings is 2. The quantitative estimate of drug-likeness (QED) is 0.306. The molecule has 10 heteroatoms. The van der Waals surface area contributed by atoms with E-state index >= 15 is 0 Å². The number of aliphatic hydroxyl groups is 2. The van der Waals surface area contributed by atoms with Crippen LogP contribution in [-0.2, 0) is 35.0 Å².